The van der Waals surface area contributed by atoms with Gasteiger partial charge in [0.1, 0.15) is 12.4 Å². The van der Waals surface area contributed by atoms with Gasteiger partial charge in [-0.1, -0.05) is 23.2 Å². The van der Waals surface area contributed by atoms with E-state index >= 15 is 0 Å². The lowest BCUT2D eigenvalue weighted by atomic mass is 10.3. The van der Waals surface area contributed by atoms with E-state index in [-0.39, 0.29) is 34.5 Å². The number of halogens is 2. The quantitative estimate of drug-likeness (QED) is 0.657. The first-order chi connectivity index (χ1) is 10.9. The van der Waals surface area contributed by atoms with Gasteiger partial charge in [-0.15, -0.1) is 0 Å². The second-order valence-electron chi connectivity index (χ2n) is 4.65. The van der Waals surface area contributed by atoms with Crippen LogP contribution in [-0.2, 0) is 16.1 Å². The third kappa shape index (κ3) is 4.64. The van der Waals surface area contributed by atoms with Gasteiger partial charge in [-0.3, -0.25) is 9.59 Å². The predicted molar refractivity (Wildman–Crippen MR) is 88.3 cm³/mol. The Morgan fingerprint density at radius 1 is 1.26 bits per heavy atom. The maximum Gasteiger partial charge on any atom is 0.302 e. The van der Waals surface area contributed by atoms with E-state index in [9.17, 15) is 9.59 Å². The van der Waals surface area contributed by atoms with Gasteiger partial charge in [0.15, 0.2) is 5.75 Å². The fourth-order valence-electron chi connectivity index (χ4n) is 1.83. The van der Waals surface area contributed by atoms with Crippen LogP contribution in [0.25, 0.3) is 0 Å². The Bertz CT molecular complexity index is 766. The van der Waals surface area contributed by atoms with Crippen LogP contribution in [0.2, 0.25) is 10.0 Å². The Hall–Kier alpha value is -2.18. The molecule has 122 valence electrons. The van der Waals surface area contributed by atoms with E-state index in [0.29, 0.717) is 11.4 Å². The number of hydrogen-bond acceptors (Lipinski definition) is 5. The molecule has 0 atom stereocenters. The Balaban J connectivity index is 2.21. The SMILES string of the molecule is CC(=O)OCCn1cc(Oc2c(Cl)cc(N)cc2Cl)ccc1=O. The zero-order valence-corrected chi connectivity index (χ0v) is 13.7. The summed E-state index contributed by atoms with van der Waals surface area (Å²) in [5.74, 6) is 0.194. The number of rotatable bonds is 5. The summed E-state index contributed by atoms with van der Waals surface area (Å²) in [5.41, 5.74) is 5.80. The first-order valence-electron chi connectivity index (χ1n) is 6.63. The first-order valence-corrected chi connectivity index (χ1v) is 7.38. The minimum Gasteiger partial charge on any atom is -0.464 e. The molecule has 0 aliphatic carbocycles. The van der Waals surface area contributed by atoms with Crippen molar-refractivity contribution >= 4 is 34.9 Å². The van der Waals surface area contributed by atoms with E-state index in [1.54, 1.807) is 0 Å². The summed E-state index contributed by atoms with van der Waals surface area (Å²) >= 11 is 12.1. The average Bonchev–Trinajstić information content (AvgIpc) is 2.45. The van der Waals surface area contributed by atoms with Crippen LogP contribution >= 0.6 is 23.2 Å². The van der Waals surface area contributed by atoms with Crippen LogP contribution in [0.1, 0.15) is 6.92 Å². The fraction of sp³-hybridized carbons (Fsp3) is 0.200. The molecule has 2 rings (SSSR count). The van der Waals surface area contributed by atoms with Crippen molar-refractivity contribution in [3.05, 3.63) is 50.9 Å². The Morgan fingerprint density at radius 3 is 2.52 bits per heavy atom. The number of nitrogen functional groups attached to an aromatic ring is 1. The average molecular weight is 357 g/mol. The summed E-state index contributed by atoms with van der Waals surface area (Å²) in [6, 6.07) is 5.86. The van der Waals surface area contributed by atoms with E-state index in [1.807, 2.05) is 0 Å². The van der Waals surface area contributed by atoms with Crippen molar-refractivity contribution in [3.63, 3.8) is 0 Å². The molecule has 2 N–H and O–H groups in total. The number of esters is 1. The van der Waals surface area contributed by atoms with Gasteiger partial charge >= 0.3 is 5.97 Å². The van der Waals surface area contributed by atoms with Gasteiger partial charge in [0.05, 0.1) is 22.8 Å². The van der Waals surface area contributed by atoms with Crippen LogP contribution in [0.4, 0.5) is 5.69 Å². The zero-order chi connectivity index (χ0) is 17.0. The summed E-state index contributed by atoms with van der Waals surface area (Å²) in [6.45, 7) is 1.59. The third-order valence-electron chi connectivity index (χ3n) is 2.83. The number of ether oxygens (including phenoxy) is 2. The summed E-state index contributed by atoms with van der Waals surface area (Å²) in [7, 11) is 0. The van der Waals surface area contributed by atoms with Crippen molar-refractivity contribution in [1.82, 2.24) is 4.57 Å². The van der Waals surface area contributed by atoms with Crippen LogP contribution in [0.3, 0.4) is 0 Å². The van der Waals surface area contributed by atoms with Crippen molar-refractivity contribution in [2.75, 3.05) is 12.3 Å². The highest BCUT2D eigenvalue weighted by Gasteiger charge is 2.11. The minimum absolute atomic E-state index is 0.0854. The van der Waals surface area contributed by atoms with Gasteiger partial charge in [0, 0.05) is 18.7 Å². The number of carbonyl (C=O) groups excluding carboxylic acids is 1. The molecule has 0 aliphatic heterocycles. The largest absolute Gasteiger partial charge is 0.464 e. The predicted octanol–water partition coefficient (Wildman–Crippen LogP) is 3.09. The van der Waals surface area contributed by atoms with Gasteiger partial charge in [-0.25, -0.2) is 0 Å². The molecule has 0 saturated carbocycles. The standard InChI is InChI=1S/C15H14Cl2N2O4/c1-9(20)22-5-4-19-8-11(2-3-14(19)21)23-15-12(16)6-10(18)7-13(15)17/h2-3,6-8H,4-5,18H2,1H3. The third-order valence-corrected chi connectivity index (χ3v) is 3.40. The highest BCUT2D eigenvalue weighted by molar-refractivity contribution is 6.37. The minimum atomic E-state index is -0.411. The van der Waals surface area contributed by atoms with Crippen LogP contribution < -0.4 is 16.0 Å². The second kappa shape index (κ2) is 7.39. The number of carbonyl (C=O) groups is 1. The Morgan fingerprint density at radius 2 is 1.91 bits per heavy atom. The molecule has 0 bridgehead atoms. The van der Waals surface area contributed by atoms with Crippen LogP contribution in [0.15, 0.2) is 35.3 Å². The van der Waals surface area contributed by atoms with Crippen molar-refractivity contribution < 1.29 is 14.3 Å². The normalized spacial score (nSPS) is 10.4. The number of hydrogen-bond donors (Lipinski definition) is 1. The number of pyridine rings is 1. The lowest BCUT2D eigenvalue weighted by Crippen LogP contribution is -2.21. The van der Waals surface area contributed by atoms with E-state index < -0.39 is 5.97 Å². The highest BCUT2D eigenvalue weighted by Crippen LogP contribution is 2.37. The van der Waals surface area contributed by atoms with Crippen molar-refractivity contribution in [1.29, 1.82) is 0 Å². The molecule has 1 aromatic heterocycles. The molecule has 1 aromatic carbocycles. The number of anilines is 1. The monoisotopic (exact) mass is 356 g/mol. The van der Waals surface area contributed by atoms with Gasteiger partial charge in [0.25, 0.3) is 5.56 Å². The van der Waals surface area contributed by atoms with Crippen LogP contribution in [-0.4, -0.2) is 17.1 Å². The molecular weight excluding hydrogens is 343 g/mol. The zero-order valence-electron chi connectivity index (χ0n) is 12.2. The van der Waals surface area contributed by atoms with E-state index in [2.05, 4.69) is 0 Å². The number of benzene rings is 1. The number of nitrogens with zero attached hydrogens (tertiary/aromatic N) is 1. The fourth-order valence-corrected chi connectivity index (χ4v) is 2.41. The van der Waals surface area contributed by atoms with Gasteiger partial charge in [-0.05, 0) is 18.2 Å². The summed E-state index contributed by atoms with van der Waals surface area (Å²) in [4.78, 5) is 22.5. The molecule has 8 heteroatoms. The molecule has 2 aromatic rings. The Kier molecular flexibility index (Phi) is 5.52. The van der Waals surface area contributed by atoms with Crippen LogP contribution in [0.5, 0.6) is 11.5 Å². The van der Waals surface area contributed by atoms with E-state index in [1.165, 1.54) is 42.0 Å². The molecule has 0 saturated heterocycles. The van der Waals surface area contributed by atoms with Gasteiger partial charge in [0.2, 0.25) is 0 Å². The number of aromatic nitrogens is 1. The molecule has 0 radical (unpaired) electrons. The molecule has 1 heterocycles. The van der Waals surface area contributed by atoms with Crippen molar-refractivity contribution in [3.8, 4) is 11.5 Å². The molecular formula is C15H14Cl2N2O4. The van der Waals surface area contributed by atoms with E-state index in [4.69, 9.17) is 38.4 Å². The van der Waals surface area contributed by atoms with Crippen molar-refractivity contribution in [2.24, 2.45) is 0 Å². The smallest absolute Gasteiger partial charge is 0.302 e. The molecule has 23 heavy (non-hydrogen) atoms. The lowest BCUT2D eigenvalue weighted by molar-refractivity contribution is -0.141. The molecule has 0 fully saturated rings. The van der Waals surface area contributed by atoms with Crippen molar-refractivity contribution in [2.45, 2.75) is 13.5 Å². The summed E-state index contributed by atoms with van der Waals surface area (Å²) in [6.07, 6.45) is 1.48. The maximum absolute atomic E-state index is 11.8. The number of nitrogens with two attached hydrogens (primary N) is 1. The van der Waals surface area contributed by atoms with E-state index in [0.717, 1.165) is 0 Å². The Labute approximate surface area is 142 Å². The highest BCUT2D eigenvalue weighted by atomic mass is 35.5. The molecule has 6 nitrogen and oxygen atoms in total. The topological polar surface area (TPSA) is 83.6 Å². The molecule has 0 unspecified atom stereocenters. The maximum atomic E-state index is 11.8. The van der Waals surface area contributed by atoms with Gasteiger partial charge in [-0.2, -0.15) is 0 Å². The van der Waals surface area contributed by atoms with Gasteiger partial charge < -0.3 is 19.8 Å². The van der Waals surface area contributed by atoms with Crippen LogP contribution in [0, 0.1) is 0 Å². The summed E-state index contributed by atoms with van der Waals surface area (Å²) < 4.78 is 11.8. The summed E-state index contributed by atoms with van der Waals surface area (Å²) in [5, 5.41) is 0.514. The molecule has 0 spiro atoms. The first kappa shape index (κ1) is 17.2. The lowest BCUT2D eigenvalue weighted by Gasteiger charge is -2.12. The molecule has 0 amide bonds. The second-order valence-corrected chi connectivity index (χ2v) is 5.47. The molecule has 0 aliphatic rings.